The molecule has 0 aromatic rings. The Hall–Kier alpha value is -0.570. The summed E-state index contributed by atoms with van der Waals surface area (Å²) in [6.07, 6.45) is 1.03. The second kappa shape index (κ2) is 3.44. The van der Waals surface area contributed by atoms with Crippen LogP contribution in [0.25, 0.3) is 0 Å². The van der Waals surface area contributed by atoms with E-state index in [9.17, 15) is 4.79 Å². The van der Waals surface area contributed by atoms with Crippen LogP contribution in [-0.4, -0.2) is 25.0 Å². The fraction of sp³-hybridized carbons (Fsp3) is 0.889. The standard InChI is InChI=1S/C9H18N2O/c1-9(2,3)7-8(12)11-6-4-5-10-7/h7,10H,4-6H2,1-3H3,(H,11,12)/t7-/m1/s1. The van der Waals surface area contributed by atoms with Crippen LogP contribution in [0.3, 0.4) is 0 Å². The molecule has 1 aliphatic heterocycles. The van der Waals surface area contributed by atoms with E-state index in [1.165, 1.54) is 0 Å². The number of carbonyl (C=O) groups is 1. The molecule has 1 saturated heterocycles. The van der Waals surface area contributed by atoms with E-state index >= 15 is 0 Å². The summed E-state index contributed by atoms with van der Waals surface area (Å²) < 4.78 is 0. The van der Waals surface area contributed by atoms with Gasteiger partial charge in [-0.2, -0.15) is 0 Å². The van der Waals surface area contributed by atoms with Gasteiger partial charge in [-0.1, -0.05) is 20.8 Å². The monoisotopic (exact) mass is 170 g/mol. The summed E-state index contributed by atoms with van der Waals surface area (Å²) in [6.45, 7) is 7.97. The first kappa shape index (κ1) is 9.52. The van der Waals surface area contributed by atoms with E-state index in [2.05, 4.69) is 31.4 Å². The molecule has 1 atom stereocenters. The molecule has 3 heteroatoms. The molecule has 0 bridgehead atoms. The largest absolute Gasteiger partial charge is 0.355 e. The highest BCUT2D eigenvalue weighted by atomic mass is 16.2. The highest BCUT2D eigenvalue weighted by Crippen LogP contribution is 2.19. The lowest BCUT2D eigenvalue weighted by Crippen LogP contribution is -2.49. The zero-order valence-corrected chi connectivity index (χ0v) is 8.11. The smallest absolute Gasteiger partial charge is 0.237 e. The number of hydrogen-bond donors (Lipinski definition) is 2. The third-order valence-electron chi connectivity index (χ3n) is 2.13. The predicted octanol–water partition coefficient (Wildman–Crippen LogP) is 0.511. The molecular formula is C9H18N2O. The highest BCUT2D eigenvalue weighted by molar-refractivity contribution is 5.82. The molecule has 1 fully saturated rings. The Morgan fingerprint density at radius 3 is 2.58 bits per heavy atom. The van der Waals surface area contributed by atoms with Crippen LogP contribution in [0.4, 0.5) is 0 Å². The molecule has 70 valence electrons. The first-order valence-electron chi connectivity index (χ1n) is 4.53. The zero-order chi connectivity index (χ0) is 9.19. The number of carbonyl (C=O) groups excluding carboxylic acids is 1. The van der Waals surface area contributed by atoms with Gasteiger partial charge in [0, 0.05) is 6.54 Å². The minimum Gasteiger partial charge on any atom is -0.355 e. The molecular weight excluding hydrogens is 152 g/mol. The quantitative estimate of drug-likeness (QED) is 0.556. The third-order valence-corrected chi connectivity index (χ3v) is 2.13. The van der Waals surface area contributed by atoms with Crippen molar-refractivity contribution in [3.8, 4) is 0 Å². The van der Waals surface area contributed by atoms with Crippen LogP contribution in [0.2, 0.25) is 0 Å². The lowest BCUT2D eigenvalue weighted by molar-refractivity contribution is -0.125. The predicted molar refractivity (Wildman–Crippen MR) is 48.9 cm³/mol. The molecule has 1 rings (SSSR count). The summed E-state index contributed by atoms with van der Waals surface area (Å²) in [4.78, 5) is 11.5. The van der Waals surface area contributed by atoms with Gasteiger partial charge in [-0.15, -0.1) is 0 Å². The molecule has 2 N–H and O–H groups in total. The van der Waals surface area contributed by atoms with Crippen molar-refractivity contribution in [2.24, 2.45) is 5.41 Å². The number of amides is 1. The summed E-state index contributed by atoms with van der Waals surface area (Å²) in [5.74, 6) is 0.139. The molecule has 1 aliphatic rings. The maximum Gasteiger partial charge on any atom is 0.237 e. The second-order valence-corrected chi connectivity index (χ2v) is 4.40. The van der Waals surface area contributed by atoms with Gasteiger partial charge in [0.25, 0.3) is 0 Å². The van der Waals surface area contributed by atoms with Gasteiger partial charge in [0.1, 0.15) is 0 Å². The van der Waals surface area contributed by atoms with Crippen molar-refractivity contribution in [1.29, 1.82) is 0 Å². The first-order valence-corrected chi connectivity index (χ1v) is 4.53. The Morgan fingerprint density at radius 2 is 2.00 bits per heavy atom. The van der Waals surface area contributed by atoms with Crippen LogP contribution in [0.15, 0.2) is 0 Å². The minimum absolute atomic E-state index is 0.00836. The summed E-state index contributed by atoms with van der Waals surface area (Å²) in [7, 11) is 0. The van der Waals surface area contributed by atoms with Crippen molar-refractivity contribution in [2.75, 3.05) is 13.1 Å². The molecule has 0 aromatic heterocycles. The molecule has 12 heavy (non-hydrogen) atoms. The van der Waals surface area contributed by atoms with Crippen LogP contribution in [-0.2, 0) is 4.79 Å². The Labute approximate surface area is 73.9 Å². The van der Waals surface area contributed by atoms with E-state index < -0.39 is 0 Å². The van der Waals surface area contributed by atoms with E-state index in [0.29, 0.717) is 0 Å². The van der Waals surface area contributed by atoms with Gasteiger partial charge in [0.15, 0.2) is 0 Å². The average molecular weight is 170 g/mol. The first-order chi connectivity index (χ1) is 5.52. The van der Waals surface area contributed by atoms with Gasteiger partial charge in [0.2, 0.25) is 5.91 Å². The molecule has 0 aromatic carbocycles. The fourth-order valence-corrected chi connectivity index (χ4v) is 1.44. The molecule has 0 unspecified atom stereocenters. The van der Waals surface area contributed by atoms with E-state index in [1.807, 2.05) is 0 Å². The molecule has 1 amide bonds. The Kier molecular flexibility index (Phi) is 2.73. The SMILES string of the molecule is CC(C)(C)[C@@H]1NCCCNC1=O. The molecule has 0 aliphatic carbocycles. The van der Waals surface area contributed by atoms with Crippen LogP contribution >= 0.6 is 0 Å². The summed E-state index contributed by atoms with van der Waals surface area (Å²) in [5.41, 5.74) is 0.00836. The topological polar surface area (TPSA) is 41.1 Å². The Bertz CT molecular complexity index is 172. The van der Waals surface area contributed by atoms with Crippen LogP contribution in [0.1, 0.15) is 27.2 Å². The summed E-state index contributed by atoms with van der Waals surface area (Å²) in [6, 6.07) is -0.0417. The van der Waals surface area contributed by atoms with Crippen molar-refractivity contribution < 1.29 is 4.79 Å². The van der Waals surface area contributed by atoms with Crippen molar-refractivity contribution in [2.45, 2.75) is 33.2 Å². The average Bonchev–Trinajstić information content (AvgIpc) is 2.11. The third kappa shape index (κ3) is 2.21. The number of hydrogen-bond acceptors (Lipinski definition) is 2. The van der Waals surface area contributed by atoms with Crippen LogP contribution in [0.5, 0.6) is 0 Å². The number of nitrogens with one attached hydrogen (secondary N) is 2. The van der Waals surface area contributed by atoms with Crippen LogP contribution in [0, 0.1) is 5.41 Å². The molecule has 0 spiro atoms. The van der Waals surface area contributed by atoms with Gasteiger partial charge in [-0.3, -0.25) is 4.79 Å². The lowest BCUT2D eigenvalue weighted by Gasteiger charge is -2.28. The normalized spacial score (nSPS) is 26.2. The van der Waals surface area contributed by atoms with Gasteiger partial charge >= 0.3 is 0 Å². The minimum atomic E-state index is -0.0417. The summed E-state index contributed by atoms with van der Waals surface area (Å²) >= 11 is 0. The van der Waals surface area contributed by atoms with Gasteiger partial charge < -0.3 is 10.6 Å². The molecule has 0 radical (unpaired) electrons. The maximum absolute atomic E-state index is 11.5. The lowest BCUT2D eigenvalue weighted by atomic mass is 9.86. The Balaban J connectivity index is 2.66. The van der Waals surface area contributed by atoms with Gasteiger partial charge in [0.05, 0.1) is 6.04 Å². The van der Waals surface area contributed by atoms with Crippen LogP contribution < -0.4 is 10.6 Å². The molecule has 0 saturated carbocycles. The zero-order valence-electron chi connectivity index (χ0n) is 8.11. The molecule has 1 heterocycles. The second-order valence-electron chi connectivity index (χ2n) is 4.40. The van der Waals surface area contributed by atoms with Gasteiger partial charge in [-0.25, -0.2) is 0 Å². The Morgan fingerprint density at radius 1 is 1.33 bits per heavy atom. The van der Waals surface area contributed by atoms with Crippen molar-refractivity contribution in [3.63, 3.8) is 0 Å². The summed E-state index contributed by atoms with van der Waals surface area (Å²) in [5, 5.41) is 6.16. The molecule has 3 nitrogen and oxygen atoms in total. The maximum atomic E-state index is 11.5. The van der Waals surface area contributed by atoms with E-state index in [-0.39, 0.29) is 17.4 Å². The van der Waals surface area contributed by atoms with E-state index in [0.717, 1.165) is 19.5 Å². The number of rotatable bonds is 0. The van der Waals surface area contributed by atoms with E-state index in [1.54, 1.807) is 0 Å². The van der Waals surface area contributed by atoms with Crippen molar-refractivity contribution in [3.05, 3.63) is 0 Å². The van der Waals surface area contributed by atoms with Crippen molar-refractivity contribution >= 4 is 5.91 Å². The highest BCUT2D eigenvalue weighted by Gasteiger charge is 2.31. The van der Waals surface area contributed by atoms with Gasteiger partial charge in [-0.05, 0) is 18.4 Å². The van der Waals surface area contributed by atoms with E-state index in [4.69, 9.17) is 0 Å². The fourth-order valence-electron chi connectivity index (χ4n) is 1.44. The van der Waals surface area contributed by atoms with Crippen molar-refractivity contribution in [1.82, 2.24) is 10.6 Å².